The molecule has 0 saturated heterocycles. The van der Waals surface area contributed by atoms with Crippen molar-refractivity contribution in [1.82, 2.24) is 0 Å². The summed E-state index contributed by atoms with van der Waals surface area (Å²) in [6, 6.07) is 0. The topological polar surface area (TPSA) is 12.4 Å². The van der Waals surface area contributed by atoms with Crippen molar-refractivity contribution < 1.29 is 0 Å². The van der Waals surface area contributed by atoms with Crippen LogP contribution in [0.25, 0.3) is 0 Å². The van der Waals surface area contributed by atoms with E-state index in [1.807, 2.05) is 6.92 Å². The van der Waals surface area contributed by atoms with Gasteiger partial charge in [-0.2, -0.15) is 0 Å². The minimum atomic E-state index is 0.759. The zero-order chi connectivity index (χ0) is 3.41. The van der Waals surface area contributed by atoms with Crippen molar-refractivity contribution in [3.05, 3.63) is 0 Å². The Labute approximate surface area is 31.2 Å². The van der Waals surface area contributed by atoms with Crippen LogP contribution in [0.3, 0.4) is 0 Å². The Bertz CT molecular complexity index is 20.0. The summed E-state index contributed by atoms with van der Waals surface area (Å²) in [4.78, 5) is 0. The van der Waals surface area contributed by atoms with E-state index in [0.29, 0.717) is 0 Å². The molecule has 4 heavy (non-hydrogen) atoms. The van der Waals surface area contributed by atoms with Gasteiger partial charge >= 0.3 is 0 Å². The second-order valence-electron chi connectivity index (χ2n) is 0.445. The van der Waals surface area contributed by atoms with Gasteiger partial charge in [0.15, 0.2) is 0 Å². The molecular formula is C2H5NS. The average molecular weight is 75.1 g/mol. The van der Waals surface area contributed by atoms with E-state index in [4.69, 9.17) is 0 Å². The molecule has 2 heteroatoms. The molecule has 0 unspecified atom stereocenters. The van der Waals surface area contributed by atoms with E-state index in [0.717, 1.165) is 6.54 Å². The number of hydrogen-bond donors (Lipinski definition) is 0. The molecule has 0 aromatic rings. The van der Waals surface area contributed by atoms with E-state index in [9.17, 15) is 0 Å². The zero-order valence-electron chi connectivity index (χ0n) is 2.56. The fraction of sp³-hybridized carbons (Fsp3) is 1.00. The molecule has 0 aromatic heterocycles. The van der Waals surface area contributed by atoms with Crippen LogP contribution in [0, 0.1) is 0 Å². The zero-order valence-corrected chi connectivity index (χ0v) is 3.38. The Morgan fingerprint density at radius 2 is 2.25 bits per heavy atom. The molecule has 0 heterocycles. The Morgan fingerprint density at radius 3 is 2.25 bits per heavy atom. The molecule has 0 saturated carbocycles. The highest BCUT2D eigenvalue weighted by Crippen LogP contribution is 1.52. The van der Waals surface area contributed by atoms with Gasteiger partial charge in [0.05, 0.1) is 0 Å². The molecule has 0 fully saturated rings. The summed E-state index contributed by atoms with van der Waals surface area (Å²) in [5.41, 5.74) is 0. The Balaban J connectivity index is 2.30. The smallest absolute Gasteiger partial charge is 0.0492 e. The van der Waals surface area contributed by atoms with Crippen LogP contribution in [-0.4, -0.2) is 6.54 Å². The largest absolute Gasteiger partial charge is 0.220 e. The first-order chi connectivity index (χ1) is 1.91. The highest BCUT2D eigenvalue weighted by atomic mass is 32.1. The summed E-state index contributed by atoms with van der Waals surface area (Å²) in [6.45, 7) is 2.67. The van der Waals surface area contributed by atoms with E-state index >= 15 is 0 Å². The Hall–Kier alpha value is 0.0200. The molecule has 0 aliphatic rings. The van der Waals surface area contributed by atoms with Gasteiger partial charge in [-0.1, -0.05) is 0 Å². The minimum Gasteiger partial charge on any atom is -0.220 e. The molecule has 0 aliphatic carbocycles. The van der Waals surface area contributed by atoms with E-state index < -0.39 is 0 Å². The lowest BCUT2D eigenvalue weighted by molar-refractivity contribution is 1.16. The highest BCUT2D eigenvalue weighted by molar-refractivity contribution is 7.47. The van der Waals surface area contributed by atoms with Crippen LogP contribution >= 0.6 is 0 Å². The summed E-state index contributed by atoms with van der Waals surface area (Å²) in [7, 11) is 0. The molecule has 0 atom stereocenters. The van der Waals surface area contributed by atoms with E-state index in [-0.39, 0.29) is 0 Å². The molecule has 0 radical (unpaired) electrons. The van der Waals surface area contributed by atoms with Crippen molar-refractivity contribution in [3.63, 3.8) is 0 Å². The second kappa shape index (κ2) is 3.02. The van der Waals surface area contributed by atoms with Gasteiger partial charge in [-0.3, -0.25) is 0 Å². The van der Waals surface area contributed by atoms with E-state index in [1.165, 1.54) is 0 Å². The lowest BCUT2D eigenvalue weighted by atomic mass is 10.8. The summed E-state index contributed by atoms with van der Waals surface area (Å²) in [6.07, 6.45) is 0. The van der Waals surface area contributed by atoms with Crippen LogP contribution in [0.5, 0.6) is 0 Å². The van der Waals surface area contributed by atoms with Crippen LogP contribution in [0.1, 0.15) is 6.92 Å². The predicted octanol–water partition coefficient (Wildman–Crippen LogP) is 0.737. The molecule has 0 rings (SSSR count). The molecule has 1 nitrogen and oxygen atoms in total. The molecule has 0 aromatic carbocycles. The van der Waals surface area contributed by atoms with E-state index in [1.54, 1.807) is 0 Å². The van der Waals surface area contributed by atoms with Crippen molar-refractivity contribution in [1.29, 1.82) is 0 Å². The van der Waals surface area contributed by atoms with Gasteiger partial charge in [0.25, 0.3) is 0 Å². The SMILES string of the molecule is CCN=S. The number of hydrogen-bond acceptors (Lipinski definition) is 2. The third kappa shape index (κ3) is 2.02. The first kappa shape index (κ1) is 4.02. The average Bonchev–Trinajstić information content (AvgIpc) is 1.37. The molecule has 24 valence electrons. The number of rotatable bonds is 1. The molecule has 0 N–H and O–H groups in total. The standard InChI is InChI=1S/C2H5NS/c1-2-3-4/h2H2,1H3. The first-order valence-electron chi connectivity index (χ1n) is 1.21. The molecular weight excluding hydrogens is 70.1 g/mol. The third-order valence-electron chi connectivity index (χ3n) is 0.129. The predicted molar refractivity (Wildman–Crippen MR) is 20.3 cm³/mol. The van der Waals surface area contributed by atoms with Gasteiger partial charge < -0.3 is 0 Å². The molecule has 0 bridgehead atoms. The molecule has 0 aliphatic heterocycles. The van der Waals surface area contributed by atoms with Gasteiger partial charge in [0.1, 0.15) is 0 Å². The van der Waals surface area contributed by atoms with Crippen molar-refractivity contribution in [3.8, 4) is 0 Å². The maximum absolute atomic E-state index is 4.18. The summed E-state index contributed by atoms with van der Waals surface area (Å²) in [5.74, 6) is 0. The highest BCUT2D eigenvalue weighted by Gasteiger charge is 1.46. The molecule has 0 spiro atoms. The number of nitrogens with zero attached hydrogens (tertiary/aromatic N) is 1. The van der Waals surface area contributed by atoms with Crippen LogP contribution in [0.15, 0.2) is 4.36 Å². The summed E-state index contributed by atoms with van der Waals surface area (Å²) < 4.78 is 3.32. The minimum absolute atomic E-state index is 0.759. The van der Waals surface area contributed by atoms with Crippen LogP contribution in [0.2, 0.25) is 0 Å². The third-order valence-corrected chi connectivity index (χ3v) is 0.387. The second-order valence-corrected chi connectivity index (χ2v) is 0.704. The van der Waals surface area contributed by atoms with Crippen molar-refractivity contribution in [2.24, 2.45) is 4.36 Å². The van der Waals surface area contributed by atoms with Gasteiger partial charge in [0.2, 0.25) is 0 Å². The van der Waals surface area contributed by atoms with Crippen molar-refractivity contribution >= 4 is 12.4 Å². The summed E-state index contributed by atoms with van der Waals surface area (Å²) in [5, 5.41) is 0. The van der Waals surface area contributed by atoms with Crippen LogP contribution in [0.4, 0.5) is 0 Å². The lowest BCUT2D eigenvalue weighted by Crippen LogP contribution is -1.53. The fourth-order valence-electron chi connectivity index (χ4n) is 0. The first-order valence-corrected chi connectivity index (χ1v) is 1.57. The Morgan fingerprint density at radius 1 is 2.00 bits per heavy atom. The fourth-order valence-corrected chi connectivity index (χ4v) is 0. The maximum Gasteiger partial charge on any atom is 0.0492 e. The lowest BCUT2D eigenvalue weighted by Gasteiger charge is -1.57. The Kier molecular flexibility index (Phi) is 3.04. The molecule has 0 amide bonds. The van der Waals surface area contributed by atoms with Gasteiger partial charge in [-0.05, 0) is 6.92 Å². The van der Waals surface area contributed by atoms with Crippen LogP contribution < -0.4 is 0 Å². The van der Waals surface area contributed by atoms with Gasteiger partial charge in [-0.15, -0.1) is 0 Å². The van der Waals surface area contributed by atoms with Gasteiger partial charge in [0, 0.05) is 19.0 Å². The van der Waals surface area contributed by atoms with Crippen molar-refractivity contribution in [2.75, 3.05) is 6.54 Å². The summed E-state index contributed by atoms with van der Waals surface area (Å²) >= 11 is 4.18. The maximum atomic E-state index is 4.18. The quantitative estimate of drug-likeness (QED) is 0.447. The van der Waals surface area contributed by atoms with E-state index in [2.05, 4.69) is 16.8 Å². The van der Waals surface area contributed by atoms with Crippen LogP contribution in [-0.2, 0) is 12.4 Å². The van der Waals surface area contributed by atoms with Crippen molar-refractivity contribution in [2.45, 2.75) is 6.92 Å². The van der Waals surface area contributed by atoms with Gasteiger partial charge in [-0.25, -0.2) is 4.36 Å². The normalized spacial score (nSPS) is 6.25. The monoisotopic (exact) mass is 75.0 g/mol.